The summed E-state index contributed by atoms with van der Waals surface area (Å²) in [5.41, 5.74) is 4.09. The lowest BCUT2D eigenvalue weighted by molar-refractivity contribution is 0.0706. The minimum absolute atomic E-state index is 0.275. The van der Waals surface area contributed by atoms with E-state index < -0.39 is 5.91 Å². The summed E-state index contributed by atoms with van der Waals surface area (Å²) in [6, 6.07) is 13.8. The minimum Gasteiger partial charge on any atom is -0.451 e. The second kappa shape index (κ2) is 6.78. The second-order valence-corrected chi connectivity index (χ2v) is 5.81. The van der Waals surface area contributed by atoms with Crippen LogP contribution in [0.1, 0.15) is 45.0 Å². The summed E-state index contributed by atoms with van der Waals surface area (Å²) in [6.45, 7) is 3.66. The van der Waals surface area contributed by atoms with Gasteiger partial charge >= 0.3 is 0 Å². The van der Waals surface area contributed by atoms with Crippen molar-refractivity contribution < 1.29 is 19.2 Å². The molecule has 25 heavy (non-hydrogen) atoms. The summed E-state index contributed by atoms with van der Waals surface area (Å²) in [7, 11) is 0. The van der Waals surface area contributed by atoms with E-state index in [0.29, 0.717) is 11.1 Å². The van der Waals surface area contributed by atoms with Gasteiger partial charge in [0.1, 0.15) is 5.58 Å². The van der Waals surface area contributed by atoms with Gasteiger partial charge in [0, 0.05) is 16.5 Å². The predicted molar refractivity (Wildman–Crippen MR) is 92.5 cm³/mol. The van der Waals surface area contributed by atoms with Crippen LogP contribution < -0.4 is 10.8 Å². The van der Waals surface area contributed by atoms with E-state index in [4.69, 9.17) is 9.62 Å². The fourth-order valence-electron chi connectivity index (χ4n) is 2.75. The van der Waals surface area contributed by atoms with Gasteiger partial charge < -0.3 is 9.73 Å². The number of carbonyl (C=O) groups excluding carboxylic acids is 2. The molecule has 0 spiro atoms. The number of aryl methyl sites for hydroxylation is 1. The highest BCUT2D eigenvalue weighted by atomic mass is 16.5. The van der Waals surface area contributed by atoms with E-state index in [1.807, 2.05) is 38.1 Å². The number of hydrogen-bond acceptors (Lipinski definition) is 4. The van der Waals surface area contributed by atoms with E-state index >= 15 is 0 Å². The molecule has 6 heteroatoms. The Balaban J connectivity index is 1.82. The predicted octanol–water partition coefficient (Wildman–Crippen LogP) is 3.35. The number of furan rings is 1. The number of benzene rings is 2. The summed E-state index contributed by atoms with van der Waals surface area (Å²) >= 11 is 0. The zero-order chi connectivity index (χ0) is 18.0. The Kier molecular flexibility index (Phi) is 4.54. The molecular weight excluding hydrogens is 320 g/mol. The average molecular weight is 338 g/mol. The molecule has 1 heterocycles. The molecule has 0 saturated carbocycles. The Morgan fingerprint density at radius 3 is 2.56 bits per heavy atom. The van der Waals surface area contributed by atoms with Gasteiger partial charge in [-0.15, -0.1) is 0 Å². The number of carbonyl (C=O) groups is 2. The van der Waals surface area contributed by atoms with Crippen LogP contribution in [-0.4, -0.2) is 17.0 Å². The fourth-order valence-corrected chi connectivity index (χ4v) is 2.75. The maximum atomic E-state index is 12.6. The van der Waals surface area contributed by atoms with Gasteiger partial charge in [-0.1, -0.05) is 30.3 Å². The maximum Gasteiger partial charge on any atom is 0.287 e. The minimum atomic E-state index is -0.603. The van der Waals surface area contributed by atoms with E-state index in [-0.39, 0.29) is 17.7 Å². The van der Waals surface area contributed by atoms with Crippen LogP contribution in [0.4, 0.5) is 0 Å². The Morgan fingerprint density at radius 2 is 1.84 bits per heavy atom. The quantitative estimate of drug-likeness (QED) is 0.502. The molecule has 128 valence electrons. The van der Waals surface area contributed by atoms with Gasteiger partial charge in [0.05, 0.1) is 6.04 Å². The Bertz CT molecular complexity index is 946. The summed E-state index contributed by atoms with van der Waals surface area (Å²) in [4.78, 5) is 24.1. The van der Waals surface area contributed by atoms with Crippen LogP contribution in [0, 0.1) is 6.92 Å². The summed E-state index contributed by atoms with van der Waals surface area (Å²) in [5.74, 6) is -0.649. The van der Waals surface area contributed by atoms with Gasteiger partial charge in [-0.25, -0.2) is 5.48 Å². The molecule has 3 rings (SSSR count). The molecule has 2 amide bonds. The van der Waals surface area contributed by atoms with Crippen molar-refractivity contribution in [2.24, 2.45) is 0 Å². The van der Waals surface area contributed by atoms with Crippen molar-refractivity contribution >= 4 is 22.8 Å². The third-order valence-corrected chi connectivity index (χ3v) is 4.15. The number of amides is 2. The topological polar surface area (TPSA) is 91.6 Å². The van der Waals surface area contributed by atoms with E-state index in [0.717, 1.165) is 16.5 Å². The molecule has 0 fully saturated rings. The van der Waals surface area contributed by atoms with Crippen LogP contribution in [0.25, 0.3) is 11.0 Å². The number of hydrogen-bond donors (Lipinski definition) is 3. The lowest BCUT2D eigenvalue weighted by Gasteiger charge is -2.14. The van der Waals surface area contributed by atoms with Crippen LogP contribution in [-0.2, 0) is 0 Å². The Labute approximate surface area is 144 Å². The maximum absolute atomic E-state index is 12.6. The fraction of sp³-hybridized carbons (Fsp3) is 0.158. The molecule has 3 N–H and O–H groups in total. The van der Waals surface area contributed by atoms with E-state index in [9.17, 15) is 9.59 Å². The van der Waals surface area contributed by atoms with E-state index in [2.05, 4.69) is 5.32 Å². The second-order valence-electron chi connectivity index (χ2n) is 5.81. The van der Waals surface area contributed by atoms with Gasteiger partial charge in [0.25, 0.3) is 11.8 Å². The molecule has 0 aliphatic carbocycles. The molecular formula is C19H18N2O4. The highest BCUT2D eigenvalue weighted by Gasteiger charge is 2.20. The molecule has 3 aromatic rings. The van der Waals surface area contributed by atoms with Gasteiger partial charge in [-0.2, -0.15) is 0 Å². The van der Waals surface area contributed by atoms with E-state index in [1.54, 1.807) is 29.7 Å². The van der Waals surface area contributed by atoms with Crippen molar-refractivity contribution in [2.75, 3.05) is 0 Å². The van der Waals surface area contributed by atoms with Crippen molar-refractivity contribution in [3.63, 3.8) is 0 Å². The molecule has 0 bridgehead atoms. The normalized spacial score (nSPS) is 12.0. The number of rotatable bonds is 4. The molecule has 1 aromatic heterocycles. The smallest absolute Gasteiger partial charge is 0.287 e. The number of nitrogens with one attached hydrogen (secondary N) is 2. The summed E-state index contributed by atoms with van der Waals surface area (Å²) in [6.07, 6.45) is 0. The first-order valence-corrected chi connectivity index (χ1v) is 7.84. The molecule has 0 aliphatic rings. The SMILES string of the molecule is Cc1c(C(=O)N[C@H](C)c2cccc(C(=O)NO)c2)oc2ccccc12. The van der Waals surface area contributed by atoms with Crippen LogP contribution >= 0.6 is 0 Å². The number of hydroxylamine groups is 1. The van der Waals surface area contributed by atoms with Gasteiger partial charge in [-0.05, 0) is 37.6 Å². The van der Waals surface area contributed by atoms with Crippen LogP contribution in [0.15, 0.2) is 52.9 Å². The summed E-state index contributed by atoms with van der Waals surface area (Å²) < 4.78 is 5.67. The molecule has 2 aromatic carbocycles. The lowest BCUT2D eigenvalue weighted by atomic mass is 10.0. The zero-order valence-corrected chi connectivity index (χ0v) is 13.9. The first kappa shape index (κ1) is 16.7. The standard InChI is InChI=1S/C19H18N2O4/c1-11-15-8-3-4-9-16(15)25-17(11)19(23)20-12(2)13-6-5-7-14(10-13)18(22)21-24/h3-10,12,24H,1-2H3,(H,20,23)(H,21,22)/t12-/m1/s1. The first-order chi connectivity index (χ1) is 12.0. The lowest BCUT2D eigenvalue weighted by Crippen LogP contribution is -2.27. The molecule has 0 radical (unpaired) electrons. The zero-order valence-electron chi connectivity index (χ0n) is 13.9. The molecule has 0 unspecified atom stereocenters. The van der Waals surface area contributed by atoms with Crippen LogP contribution in [0.5, 0.6) is 0 Å². The average Bonchev–Trinajstić information content (AvgIpc) is 2.98. The molecule has 0 aliphatic heterocycles. The highest BCUT2D eigenvalue weighted by molar-refractivity contribution is 5.99. The van der Waals surface area contributed by atoms with Gasteiger partial charge in [0.15, 0.2) is 5.76 Å². The monoisotopic (exact) mass is 338 g/mol. The largest absolute Gasteiger partial charge is 0.451 e. The van der Waals surface area contributed by atoms with Crippen molar-refractivity contribution in [3.05, 3.63) is 71.0 Å². The third-order valence-electron chi connectivity index (χ3n) is 4.15. The summed E-state index contributed by atoms with van der Waals surface area (Å²) in [5, 5.41) is 12.5. The third kappa shape index (κ3) is 3.25. The van der Waals surface area contributed by atoms with Crippen LogP contribution in [0.3, 0.4) is 0 Å². The molecule has 6 nitrogen and oxygen atoms in total. The van der Waals surface area contributed by atoms with Crippen molar-refractivity contribution in [1.29, 1.82) is 0 Å². The van der Waals surface area contributed by atoms with E-state index in [1.165, 1.54) is 0 Å². The molecule has 1 atom stereocenters. The van der Waals surface area contributed by atoms with Crippen molar-refractivity contribution in [2.45, 2.75) is 19.9 Å². The van der Waals surface area contributed by atoms with Gasteiger partial charge in [0.2, 0.25) is 0 Å². The van der Waals surface area contributed by atoms with Gasteiger partial charge in [-0.3, -0.25) is 14.8 Å². The Morgan fingerprint density at radius 1 is 1.08 bits per heavy atom. The first-order valence-electron chi connectivity index (χ1n) is 7.84. The Hall–Kier alpha value is -3.12. The van der Waals surface area contributed by atoms with Crippen molar-refractivity contribution in [3.8, 4) is 0 Å². The van der Waals surface area contributed by atoms with Crippen molar-refractivity contribution in [1.82, 2.24) is 10.8 Å². The molecule has 0 saturated heterocycles. The number of fused-ring (bicyclic) bond motifs is 1. The highest BCUT2D eigenvalue weighted by Crippen LogP contribution is 2.25. The van der Waals surface area contributed by atoms with Crippen LogP contribution in [0.2, 0.25) is 0 Å². The number of para-hydroxylation sites is 1.